The average molecular weight is 260 g/mol. The summed E-state index contributed by atoms with van der Waals surface area (Å²) in [6, 6.07) is 4.81. The molecule has 98 valence electrons. The van der Waals surface area contributed by atoms with Gasteiger partial charge in [-0.05, 0) is 24.3 Å². The van der Waals surface area contributed by atoms with Crippen LogP contribution in [0.25, 0.3) is 11.0 Å². The maximum atomic E-state index is 11.8. The summed E-state index contributed by atoms with van der Waals surface area (Å²) in [5.74, 6) is -1.60. The van der Waals surface area contributed by atoms with E-state index in [0.29, 0.717) is 16.6 Å². The second kappa shape index (κ2) is 4.56. The number of aliphatic carboxylic acids is 1. The minimum absolute atomic E-state index is 0.180. The van der Waals surface area contributed by atoms with Crippen molar-refractivity contribution >= 4 is 22.8 Å². The Hall–Kier alpha value is -2.63. The van der Waals surface area contributed by atoms with Crippen LogP contribution in [0.2, 0.25) is 0 Å². The van der Waals surface area contributed by atoms with Crippen LogP contribution in [0.5, 0.6) is 0 Å². The Morgan fingerprint density at radius 3 is 2.37 bits per heavy atom. The number of aromatic nitrogens is 2. The van der Waals surface area contributed by atoms with Gasteiger partial charge in [-0.2, -0.15) is 0 Å². The van der Waals surface area contributed by atoms with Crippen LogP contribution in [0.4, 0.5) is 0 Å². The van der Waals surface area contributed by atoms with Crippen LogP contribution in [-0.2, 0) is 18.9 Å². The first kappa shape index (κ1) is 12.8. The van der Waals surface area contributed by atoms with Gasteiger partial charge >= 0.3 is 11.7 Å². The third-order valence-electron chi connectivity index (χ3n) is 2.93. The summed E-state index contributed by atoms with van der Waals surface area (Å²) >= 11 is 0. The van der Waals surface area contributed by atoms with Crippen molar-refractivity contribution in [3.63, 3.8) is 0 Å². The predicted octanol–water partition coefficient (Wildman–Crippen LogP) is 0.700. The van der Waals surface area contributed by atoms with Crippen molar-refractivity contribution in [2.24, 2.45) is 14.1 Å². The topological polar surface area (TPSA) is 81.3 Å². The molecule has 1 N–H and O–H groups in total. The monoisotopic (exact) mass is 260 g/mol. The third-order valence-corrected chi connectivity index (χ3v) is 2.93. The van der Waals surface area contributed by atoms with Crippen molar-refractivity contribution in [3.05, 3.63) is 46.4 Å². The van der Waals surface area contributed by atoms with Crippen molar-refractivity contribution < 1.29 is 14.7 Å². The van der Waals surface area contributed by atoms with Gasteiger partial charge in [0.05, 0.1) is 11.0 Å². The molecule has 0 bridgehead atoms. The quantitative estimate of drug-likeness (QED) is 0.650. The Labute approximate surface area is 108 Å². The molecule has 1 aromatic carbocycles. The van der Waals surface area contributed by atoms with E-state index in [9.17, 15) is 14.4 Å². The number of carbonyl (C=O) groups excluding carboxylic acids is 1. The molecule has 6 nitrogen and oxygen atoms in total. The van der Waals surface area contributed by atoms with E-state index >= 15 is 0 Å². The standard InChI is InChI=1S/C13H12N2O4/c1-14-9-4-3-8(11(16)5-6-12(17)18)7-10(9)15(2)13(14)19/h3-7H,1-2H3,(H,17,18). The minimum atomic E-state index is -1.18. The molecular formula is C13H12N2O4. The van der Waals surface area contributed by atoms with E-state index in [1.165, 1.54) is 9.13 Å². The van der Waals surface area contributed by atoms with Crippen molar-refractivity contribution in [1.82, 2.24) is 9.13 Å². The molecule has 2 rings (SSSR count). The SMILES string of the molecule is Cn1c(=O)n(C)c2cc(C(=O)C=CC(=O)O)ccc21. The van der Waals surface area contributed by atoms with Gasteiger partial charge in [0, 0.05) is 25.7 Å². The molecule has 0 fully saturated rings. The third kappa shape index (κ3) is 2.20. The number of hydrogen-bond acceptors (Lipinski definition) is 3. The number of allylic oxidation sites excluding steroid dienone is 1. The summed E-state index contributed by atoms with van der Waals surface area (Å²) in [4.78, 5) is 33.8. The number of ketones is 1. The van der Waals surface area contributed by atoms with Crippen LogP contribution in [0.15, 0.2) is 35.1 Å². The van der Waals surface area contributed by atoms with Crippen LogP contribution in [0.1, 0.15) is 10.4 Å². The molecule has 0 spiro atoms. The number of hydrogen-bond donors (Lipinski definition) is 1. The molecular weight excluding hydrogens is 248 g/mol. The zero-order valence-corrected chi connectivity index (χ0v) is 10.5. The first-order chi connectivity index (χ1) is 8.91. The highest BCUT2D eigenvalue weighted by Gasteiger charge is 2.10. The van der Waals surface area contributed by atoms with Gasteiger partial charge < -0.3 is 5.11 Å². The van der Waals surface area contributed by atoms with E-state index in [0.717, 1.165) is 12.2 Å². The second-order valence-corrected chi connectivity index (χ2v) is 4.14. The number of nitrogens with zero attached hydrogens (tertiary/aromatic N) is 2. The molecule has 2 aromatic rings. The first-order valence-electron chi connectivity index (χ1n) is 5.52. The lowest BCUT2D eigenvalue weighted by Gasteiger charge is -1.98. The number of benzene rings is 1. The number of fused-ring (bicyclic) bond motifs is 1. The Morgan fingerprint density at radius 2 is 1.74 bits per heavy atom. The lowest BCUT2D eigenvalue weighted by molar-refractivity contribution is -0.131. The van der Waals surface area contributed by atoms with E-state index in [-0.39, 0.29) is 5.69 Å². The van der Waals surface area contributed by atoms with Crippen LogP contribution in [0.3, 0.4) is 0 Å². The molecule has 0 unspecified atom stereocenters. The molecule has 19 heavy (non-hydrogen) atoms. The molecule has 0 saturated carbocycles. The number of carboxylic acid groups (broad SMARTS) is 1. The normalized spacial score (nSPS) is 11.3. The summed E-state index contributed by atoms with van der Waals surface area (Å²) in [5.41, 5.74) is 1.50. The summed E-state index contributed by atoms with van der Waals surface area (Å²) in [6.45, 7) is 0. The highest BCUT2D eigenvalue weighted by Crippen LogP contribution is 2.14. The number of carboxylic acids is 1. The van der Waals surface area contributed by atoms with E-state index in [4.69, 9.17) is 5.11 Å². The number of carbonyl (C=O) groups is 2. The Bertz CT molecular complexity index is 765. The van der Waals surface area contributed by atoms with Crippen molar-refractivity contribution in [3.8, 4) is 0 Å². The van der Waals surface area contributed by atoms with Gasteiger partial charge in [-0.3, -0.25) is 13.9 Å². The van der Waals surface area contributed by atoms with Gasteiger partial charge in [0.25, 0.3) is 0 Å². The Morgan fingerprint density at radius 1 is 1.11 bits per heavy atom. The molecule has 1 aromatic heterocycles. The van der Waals surface area contributed by atoms with Gasteiger partial charge in [0.1, 0.15) is 0 Å². The molecule has 0 amide bonds. The molecule has 0 radical (unpaired) electrons. The van der Waals surface area contributed by atoms with E-state index in [2.05, 4.69) is 0 Å². The molecule has 0 saturated heterocycles. The average Bonchev–Trinajstić information content (AvgIpc) is 2.61. The van der Waals surface area contributed by atoms with Crippen molar-refractivity contribution in [2.45, 2.75) is 0 Å². The molecule has 0 atom stereocenters. The Balaban J connectivity index is 2.53. The van der Waals surface area contributed by atoms with Crippen LogP contribution in [-0.4, -0.2) is 26.0 Å². The fourth-order valence-corrected chi connectivity index (χ4v) is 1.90. The fourth-order valence-electron chi connectivity index (χ4n) is 1.90. The smallest absolute Gasteiger partial charge is 0.328 e. The molecule has 0 aliphatic rings. The zero-order valence-electron chi connectivity index (χ0n) is 10.5. The second-order valence-electron chi connectivity index (χ2n) is 4.14. The maximum Gasteiger partial charge on any atom is 0.328 e. The first-order valence-corrected chi connectivity index (χ1v) is 5.52. The van der Waals surface area contributed by atoms with Crippen LogP contribution >= 0.6 is 0 Å². The lowest BCUT2D eigenvalue weighted by Crippen LogP contribution is -2.19. The number of rotatable bonds is 3. The molecule has 0 aliphatic carbocycles. The Kier molecular flexibility index (Phi) is 3.08. The van der Waals surface area contributed by atoms with Gasteiger partial charge in [0.15, 0.2) is 5.78 Å². The van der Waals surface area contributed by atoms with Crippen molar-refractivity contribution in [2.75, 3.05) is 0 Å². The van der Waals surface area contributed by atoms with Crippen molar-refractivity contribution in [1.29, 1.82) is 0 Å². The van der Waals surface area contributed by atoms with E-state index in [1.54, 1.807) is 32.3 Å². The van der Waals surface area contributed by atoms with Crippen LogP contribution < -0.4 is 5.69 Å². The molecule has 6 heteroatoms. The van der Waals surface area contributed by atoms with Gasteiger partial charge in [-0.1, -0.05) is 0 Å². The van der Waals surface area contributed by atoms with E-state index < -0.39 is 11.8 Å². The zero-order chi connectivity index (χ0) is 14.2. The van der Waals surface area contributed by atoms with Gasteiger partial charge in [0.2, 0.25) is 0 Å². The highest BCUT2D eigenvalue weighted by atomic mass is 16.4. The lowest BCUT2D eigenvalue weighted by atomic mass is 10.1. The predicted molar refractivity (Wildman–Crippen MR) is 69.3 cm³/mol. The molecule has 1 heterocycles. The minimum Gasteiger partial charge on any atom is -0.478 e. The summed E-state index contributed by atoms with van der Waals surface area (Å²) < 4.78 is 2.92. The highest BCUT2D eigenvalue weighted by molar-refractivity contribution is 6.08. The van der Waals surface area contributed by atoms with Gasteiger partial charge in [-0.25, -0.2) is 9.59 Å². The summed E-state index contributed by atoms with van der Waals surface area (Å²) in [7, 11) is 3.27. The maximum absolute atomic E-state index is 11.8. The van der Waals surface area contributed by atoms with E-state index in [1.807, 2.05) is 0 Å². The van der Waals surface area contributed by atoms with Gasteiger partial charge in [-0.15, -0.1) is 0 Å². The molecule has 0 aliphatic heterocycles. The number of aryl methyl sites for hydroxylation is 2. The largest absolute Gasteiger partial charge is 0.478 e. The number of imidazole rings is 1. The summed E-state index contributed by atoms with van der Waals surface area (Å²) in [6.07, 6.45) is 1.78. The fraction of sp³-hybridized carbons (Fsp3) is 0.154. The summed E-state index contributed by atoms with van der Waals surface area (Å²) in [5, 5.41) is 8.48. The van der Waals surface area contributed by atoms with Crippen LogP contribution in [0, 0.1) is 0 Å².